The molecule has 1 aromatic carbocycles. The lowest BCUT2D eigenvalue weighted by Crippen LogP contribution is -2.14. The van der Waals surface area contributed by atoms with Crippen molar-refractivity contribution >= 4 is 11.7 Å². The predicted molar refractivity (Wildman–Crippen MR) is 68.3 cm³/mol. The summed E-state index contributed by atoms with van der Waals surface area (Å²) in [6, 6.07) is 5.80. The summed E-state index contributed by atoms with van der Waals surface area (Å²) in [5, 5.41) is 4.00. The molecular weight excluding hydrogens is 265 g/mol. The summed E-state index contributed by atoms with van der Waals surface area (Å²) >= 11 is 0. The molecule has 0 aliphatic heterocycles. The molecule has 0 saturated carbocycles. The minimum atomic E-state index is -0.651. The Labute approximate surface area is 114 Å². The topological polar surface area (TPSA) is 64.2 Å². The summed E-state index contributed by atoms with van der Waals surface area (Å²) in [6.45, 7) is 0.235. The number of rotatable bonds is 4. The summed E-state index contributed by atoms with van der Waals surface area (Å²) in [7, 11) is 2.50. The zero-order valence-corrected chi connectivity index (χ0v) is 11.0. The van der Waals surface area contributed by atoms with Gasteiger partial charge in [0.25, 0.3) is 0 Å². The Morgan fingerprint density at radius 3 is 2.60 bits per heavy atom. The van der Waals surface area contributed by atoms with Crippen LogP contribution in [0.4, 0.5) is 10.1 Å². The van der Waals surface area contributed by atoms with Gasteiger partial charge in [-0.1, -0.05) is 12.1 Å². The molecule has 0 radical (unpaired) electrons. The average Bonchev–Trinajstić information content (AvgIpc) is 2.84. The molecule has 0 bridgehead atoms. The van der Waals surface area contributed by atoms with Gasteiger partial charge in [0.2, 0.25) is 5.69 Å². The van der Waals surface area contributed by atoms with Gasteiger partial charge in [-0.25, -0.2) is 13.9 Å². The molecule has 1 heterocycles. The van der Waals surface area contributed by atoms with Gasteiger partial charge >= 0.3 is 11.7 Å². The van der Waals surface area contributed by atoms with Gasteiger partial charge in [0.05, 0.1) is 13.7 Å². The minimum absolute atomic E-state index is 0.0642. The molecule has 0 fully saturated rings. The lowest BCUT2D eigenvalue weighted by Gasteiger charge is -2.05. The van der Waals surface area contributed by atoms with Crippen LogP contribution in [0.15, 0.2) is 30.5 Å². The minimum Gasteiger partial charge on any atom is -0.464 e. The van der Waals surface area contributed by atoms with Crippen LogP contribution < -0.4 is 0 Å². The van der Waals surface area contributed by atoms with Crippen molar-refractivity contribution < 1.29 is 18.7 Å². The Morgan fingerprint density at radius 2 is 2.05 bits per heavy atom. The number of carbonyl (C=O) groups is 1. The van der Waals surface area contributed by atoms with Crippen molar-refractivity contribution in [1.82, 2.24) is 9.78 Å². The molecule has 0 atom stereocenters. The number of esters is 1. The second kappa shape index (κ2) is 5.60. The van der Waals surface area contributed by atoms with E-state index in [2.05, 4.69) is 9.84 Å². The molecule has 0 unspecified atom stereocenters. The first-order chi connectivity index (χ1) is 9.52. The molecule has 0 aliphatic carbocycles. The van der Waals surface area contributed by atoms with Crippen LogP contribution in [-0.2, 0) is 11.3 Å². The molecule has 0 saturated heterocycles. The van der Waals surface area contributed by atoms with Crippen LogP contribution in [0.2, 0.25) is 0 Å². The predicted octanol–water partition coefficient (Wildman–Crippen LogP) is 1.90. The maximum Gasteiger partial charge on any atom is 0.363 e. The normalized spacial score (nSPS) is 10.3. The van der Waals surface area contributed by atoms with Crippen LogP contribution in [0.3, 0.4) is 0 Å². The van der Waals surface area contributed by atoms with E-state index in [1.54, 1.807) is 12.1 Å². The third-order valence-corrected chi connectivity index (χ3v) is 2.78. The fourth-order valence-corrected chi connectivity index (χ4v) is 1.80. The highest BCUT2D eigenvalue weighted by atomic mass is 19.1. The Balaban J connectivity index is 2.39. The van der Waals surface area contributed by atoms with Crippen molar-refractivity contribution in [2.75, 3.05) is 14.2 Å². The molecular formula is C13H13FN3O3+. The van der Waals surface area contributed by atoms with Crippen LogP contribution in [0, 0.1) is 10.7 Å². The van der Waals surface area contributed by atoms with Crippen LogP contribution in [0.1, 0.15) is 16.1 Å². The Bertz CT molecular complexity index is 649. The maximum absolute atomic E-state index is 12.9. The van der Waals surface area contributed by atoms with Gasteiger partial charge in [-0.2, -0.15) is 5.10 Å². The monoisotopic (exact) mass is 278 g/mol. The number of aromatic nitrogens is 2. The third-order valence-electron chi connectivity index (χ3n) is 2.78. The van der Waals surface area contributed by atoms with E-state index in [-0.39, 0.29) is 23.7 Å². The lowest BCUT2D eigenvalue weighted by molar-refractivity contribution is -0.428. The summed E-state index contributed by atoms with van der Waals surface area (Å²) in [5.41, 5.74) is 0.938. The van der Waals surface area contributed by atoms with Crippen LogP contribution >= 0.6 is 0 Å². The largest absolute Gasteiger partial charge is 0.464 e. The average molecular weight is 278 g/mol. The summed E-state index contributed by atoms with van der Waals surface area (Å²) in [5.74, 6) is -0.996. The van der Waals surface area contributed by atoms with Gasteiger partial charge in [0, 0.05) is 9.67 Å². The van der Waals surface area contributed by atoms with Crippen molar-refractivity contribution in [1.29, 1.82) is 0 Å². The highest BCUT2D eigenvalue weighted by Gasteiger charge is 2.27. The van der Waals surface area contributed by atoms with Crippen molar-refractivity contribution in [3.63, 3.8) is 0 Å². The molecule has 104 valence electrons. The van der Waals surface area contributed by atoms with E-state index in [0.29, 0.717) is 4.76 Å². The second-order valence-corrected chi connectivity index (χ2v) is 4.15. The van der Waals surface area contributed by atoms with Gasteiger partial charge in [-0.15, -0.1) is 0 Å². The van der Waals surface area contributed by atoms with Gasteiger partial charge in [0.15, 0.2) is 7.05 Å². The van der Waals surface area contributed by atoms with Crippen LogP contribution in [0.25, 0.3) is 0 Å². The Kier molecular flexibility index (Phi) is 3.88. The SMILES string of the molecule is COC(=O)c1c([N+](C)=O)cnn1Cc1ccc(F)cc1. The van der Waals surface area contributed by atoms with Gasteiger partial charge in [0.1, 0.15) is 12.0 Å². The number of carbonyl (C=O) groups excluding carboxylic acids is 1. The molecule has 0 N–H and O–H groups in total. The zero-order valence-electron chi connectivity index (χ0n) is 11.0. The first kappa shape index (κ1) is 13.9. The fraction of sp³-hybridized carbons (Fsp3) is 0.231. The van der Waals surface area contributed by atoms with E-state index in [4.69, 9.17) is 0 Å². The number of ether oxygens (including phenoxy) is 1. The standard InChI is InChI=1S/C13H13FN3O3/c1-16(19)11-7-15-17(12(11)13(18)20-2)8-9-3-5-10(14)6-4-9/h3-7H,8H2,1-2H3/q+1. The number of hydrogen-bond acceptors (Lipinski definition) is 4. The Hall–Kier alpha value is -2.57. The van der Waals surface area contributed by atoms with Gasteiger partial charge < -0.3 is 4.74 Å². The molecule has 6 nitrogen and oxygen atoms in total. The lowest BCUT2D eigenvalue weighted by atomic mass is 10.2. The molecule has 2 rings (SSSR count). The first-order valence-corrected chi connectivity index (χ1v) is 5.82. The zero-order chi connectivity index (χ0) is 14.7. The van der Waals surface area contributed by atoms with Gasteiger partial charge in [-0.05, 0) is 17.7 Å². The van der Waals surface area contributed by atoms with Crippen molar-refractivity contribution in [2.24, 2.45) is 0 Å². The third kappa shape index (κ3) is 2.71. The smallest absolute Gasteiger partial charge is 0.363 e. The van der Waals surface area contributed by atoms with E-state index in [1.807, 2.05) is 0 Å². The molecule has 0 amide bonds. The highest BCUT2D eigenvalue weighted by Crippen LogP contribution is 2.19. The van der Waals surface area contributed by atoms with Crippen molar-refractivity contribution in [3.8, 4) is 0 Å². The van der Waals surface area contributed by atoms with E-state index in [0.717, 1.165) is 5.56 Å². The van der Waals surface area contributed by atoms with Crippen LogP contribution in [0.5, 0.6) is 0 Å². The van der Waals surface area contributed by atoms with E-state index < -0.39 is 5.97 Å². The van der Waals surface area contributed by atoms with Crippen molar-refractivity contribution in [2.45, 2.75) is 6.54 Å². The second-order valence-electron chi connectivity index (χ2n) is 4.15. The first-order valence-electron chi connectivity index (χ1n) is 5.82. The number of benzene rings is 1. The van der Waals surface area contributed by atoms with E-state index >= 15 is 0 Å². The molecule has 1 aromatic heterocycles. The molecule has 20 heavy (non-hydrogen) atoms. The highest BCUT2D eigenvalue weighted by molar-refractivity contribution is 5.91. The number of halogens is 1. The van der Waals surface area contributed by atoms with Crippen molar-refractivity contribution in [3.05, 3.63) is 52.4 Å². The van der Waals surface area contributed by atoms with Gasteiger partial charge in [-0.3, -0.25) is 0 Å². The van der Waals surface area contributed by atoms with E-state index in [9.17, 15) is 14.1 Å². The number of nitrogens with zero attached hydrogens (tertiary/aromatic N) is 3. The molecule has 7 heteroatoms. The summed E-state index contributed by atoms with van der Waals surface area (Å²) < 4.78 is 19.4. The number of nitroso groups, excluding NO2 is 1. The number of methoxy groups -OCH3 is 1. The Morgan fingerprint density at radius 1 is 1.40 bits per heavy atom. The summed E-state index contributed by atoms with van der Waals surface area (Å²) in [4.78, 5) is 23.2. The molecule has 0 spiro atoms. The number of hydrogen-bond donors (Lipinski definition) is 0. The fourth-order valence-electron chi connectivity index (χ4n) is 1.80. The van der Waals surface area contributed by atoms with Crippen LogP contribution in [-0.4, -0.2) is 34.7 Å². The maximum atomic E-state index is 12.9. The molecule has 2 aromatic rings. The quantitative estimate of drug-likeness (QED) is 0.633. The van der Waals surface area contributed by atoms with E-state index in [1.165, 1.54) is 37.2 Å². The molecule has 0 aliphatic rings. The summed E-state index contributed by atoms with van der Waals surface area (Å²) in [6.07, 6.45) is 1.29.